The van der Waals surface area contributed by atoms with Gasteiger partial charge in [0.1, 0.15) is 37.1 Å². The number of rotatable bonds is 2. The van der Waals surface area contributed by atoms with Crippen LogP contribution < -0.4 is 0 Å². The lowest BCUT2D eigenvalue weighted by Crippen LogP contribution is -2.71. The van der Waals surface area contributed by atoms with Crippen molar-refractivity contribution in [3.05, 3.63) is 59.7 Å². The number of ketones is 1. The summed E-state index contributed by atoms with van der Waals surface area (Å²) in [6.07, 6.45) is -1.76. The summed E-state index contributed by atoms with van der Waals surface area (Å²) in [6.45, 7) is 4.09. The van der Waals surface area contributed by atoms with Crippen LogP contribution in [0.5, 0.6) is 0 Å². The Morgan fingerprint density at radius 1 is 1.03 bits per heavy atom. The van der Waals surface area contributed by atoms with Gasteiger partial charge in [-0.1, -0.05) is 48.5 Å². The fraction of sp³-hybridized carbons (Fsp3) is 0.481. The highest BCUT2D eigenvalue weighted by Gasteiger charge is 2.71. The van der Waals surface area contributed by atoms with E-state index in [1.807, 2.05) is 38.1 Å². The number of ether oxygens (including phenoxy) is 5. The first kappa shape index (κ1) is 21.5. The van der Waals surface area contributed by atoms with Gasteiger partial charge in [0, 0.05) is 12.5 Å². The number of Topliss-reactive ketones (excluding diaryl/α,β-unsaturated/α-hetero) is 1. The molecule has 4 saturated heterocycles. The van der Waals surface area contributed by atoms with E-state index in [2.05, 4.69) is 24.3 Å². The number of hydrogen-bond acceptors (Lipinski definition) is 7. The molecular weight excluding hydrogens is 450 g/mol. The third kappa shape index (κ3) is 3.00. The second-order valence-corrected chi connectivity index (χ2v) is 10.4. The Morgan fingerprint density at radius 2 is 1.71 bits per heavy atom. The topological polar surface area (TPSA) is 83.5 Å². The minimum atomic E-state index is -0.808. The Morgan fingerprint density at radius 3 is 2.43 bits per heavy atom. The molecule has 5 aliphatic rings. The molecule has 8 nitrogen and oxygen atoms in total. The van der Waals surface area contributed by atoms with Crippen molar-refractivity contribution in [2.24, 2.45) is 0 Å². The predicted molar refractivity (Wildman–Crippen MR) is 123 cm³/mol. The molecule has 0 unspecified atom stereocenters. The summed E-state index contributed by atoms with van der Waals surface area (Å²) in [6, 6.07) is 15.6. The third-order valence-electron chi connectivity index (χ3n) is 8.05. The number of hydrogen-bond donors (Lipinski definition) is 0. The summed E-state index contributed by atoms with van der Waals surface area (Å²) in [5.74, 6) is -1.04. The van der Waals surface area contributed by atoms with Gasteiger partial charge < -0.3 is 23.7 Å². The Labute approximate surface area is 203 Å². The summed E-state index contributed by atoms with van der Waals surface area (Å²) in [5, 5.41) is 0. The Hall–Kier alpha value is -2.78. The zero-order valence-electron chi connectivity index (χ0n) is 19.6. The lowest BCUT2D eigenvalue weighted by molar-refractivity contribution is -0.261. The molecule has 5 atom stereocenters. The molecule has 182 valence electrons. The van der Waals surface area contributed by atoms with E-state index in [1.165, 1.54) is 16.0 Å². The number of benzene rings is 2. The molecule has 0 radical (unpaired) electrons. The van der Waals surface area contributed by atoms with Crippen LogP contribution in [0.2, 0.25) is 0 Å². The minimum Gasteiger partial charge on any atom is -0.448 e. The first-order chi connectivity index (χ1) is 16.9. The van der Waals surface area contributed by atoms with Gasteiger partial charge in [0.25, 0.3) is 0 Å². The number of carbonyl (C=O) groups excluding carboxylic acids is 2. The largest absolute Gasteiger partial charge is 0.448 e. The average molecular weight is 478 g/mol. The molecule has 0 saturated carbocycles. The van der Waals surface area contributed by atoms with Crippen LogP contribution in [-0.4, -0.2) is 72.5 Å². The maximum atomic E-state index is 13.4. The smallest absolute Gasteiger partial charge is 0.410 e. The van der Waals surface area contributed by atoms with Crippen molar-refractivity contribution < 1.29 is 33.3 Å². The number of carbonyl (C=O) groups is 2. The van der Waals surface area contributed by atoms with Crippen LogP contribution in [0.3, 0.4) is 0 Å². The molecule has 2 aromatic rings. The maximum Gasteiger partial charge on any atom is 0.410 e. The van der Waals surface area contributed by atoms with Gasteiger partial charge in [-0.2, -0.15) is 0 Å². The van der Waals surface area contributed by atoms with Crippen molar-refractivity contribution in [2.75, 3.05) is 19.8 Å². The maximum absolute atomic E-state index is 13.4. The highest BCUT2D eigenvalue weighted by molar-refractivity contribution is 5.90. The monoisotopic (exact) mass is 477 g/mol. The number of fused-ring (bicyclic) bond motifs is 4. The van der Waals surface area contributed by atoms with E-state index in [9.17, 15) is 9.59 Å². The number of likely N-dealkylation sites (tertiary alicyclic amines) is 1. The van der Waals surface area contributed by atoms with Crippen LogP contribution >= 0.6 is 0 Å². The van der Waals surface area contributed by atoms with Crippen molar-refractivity contribution in [2.45, 2.75) is 62.1 Å². The molecular formula is C27H27NO7. The molecule has 4 heterocycles. The van der Waals surface area contributed by atoms with Crippen molar-refractivity contribution >= 4 is 11.9 Å². The lowest BCUT2D eigenvalue weighted by Gasteiger charge is -2.51. The van der Waals surface area contributed by atoms with Crippen molar-refractivity contribution in [3.63, 3.8) is 0 Å². The van der Waals surface area contributed by atoms with Gasteiger partial charge in [-0.25, -0.2) is 4.79 Å². The number of piperidine rings is 1. The van der Waals surface area contributed by atoms with E-state index in [-0.39, 0.29) is 24.9 Å². The van der Waals surface area contributed by atoms with E-state index < -0.39 is 42.0 Å². The normalized spacial score (nSPS) is 34.2. The van der Waals surface area contributed by atoms with Gasteiger partial charge in [0.05, 0.1) is 0 Å². The second kappa shape index (κ2) is 7.36. The van der Waals surface area contributed by atoms with Gasteiger partial charge in [0.15, 0.2) is 17.9 Å². The summed E-state index contributed by atoms with van der Waals surface area (Å²) in [7, 11) is 0. The van der Waals surface area contributed by atoms with Crippen LogP contribution in [0.4, 0.5) is 4.79 Å². The Bertz CT molecular complexity index is 1180. The molecule has 4 fully saturated rings. The predicted octanol–water partition coefficient (Wildman–Crippen LogP) is 3.22. The standard InChI is InChI=1S/C27H27NO7/c1-26(2)34-23-24(35-26)33-22-21-20(29)14-32-27(22,23)11-12-28(21)25(30)31-13-19-17-9-5-3-7-15(17)16-8-4-6-10-18(16)19/h3-10,19,21-24H,11-14H2,1-2H3/t21-,22-,23+,24-,27-/m1/s1. The third-order valence-corrected chi connectivity index (χ3v) is 8.05. The first-order valence-corrected chi connectivity index (χ1v) is 12.2. The van der Waals surface area contributed by atoms with E-state index in [1.54, 1.807) is 0 Å². The minimum absolute atomic E-state index is 0.0493. The molecule has 4 aliphatic heterocycles. The zero-order valence-corrected chi connectivity index (χ0v) is 19.6. The SMILES string of the molecule is CC1(C)O[C@H]2O[C@@H]3[C@H]4C(=O)CO[C@@]3(CCN4C(=O)OCC3c4ccccc4-c4ccccc43)[C@H]2O1. The molecule has 0 aromatic heterocycles. The van der Waals surface area contributed by atoms with Crippen LogP contribution in [-0.2, 0) is 28.5 Å². The van der Waals surface area contributed by atoms with Gasteiger partial charge in [-0.3, -0.25) is 9.69 Å². The quantitative estimate of drug-likeness (QED) is 0.657. The fourth-order valence-electron chi connectivity index (χ4n) is 6.56. The summed E-state index contributed by atoms with van der Waals surface area (Å²) < 4.78 is 30.1. The van der Waals surface area contributed by atoms with Crippen LogP contribution in [0.15, 0.2) is 48.5 Å². The van der Waals surface area contributed by atoms with Crippen LogP contribution in [0.1, 0.15) is 37.3 Å². The van der Waals surface area contributed by atoms with Crippen molar-refractivity contribution in [1.82, 2.24) is 4.90 Å². The molecule has 7 rings (SSSR count). The second-order valence-electron chi connectivity index (χ2n) is 10.4. The fourth-order valence-corrected chi connectivity index (χ4v) is 6.56. The highest BCUT2D eigenvalue weighted by atomic mass is 16.8. The first-order valence-electron chi connectivity index (χ1n) is 12.2. The van der Waals surface area contributed by atoms with Crippen LogP contribution in [0.25, 0.3) is 11.1 Å². The van der Waals surface area contributed by atoms with E-state index in [0.717, 1.165) is 11.1 Å². The molecule has 2 bridgehead atoms. The van der Waals surface area contributed by atoms with Gasteiger partial charge in [0.2, 0.25) is 0 Å². The van der Waals surface area contributed by atoms with E-state index in [4.69, 9.17) is 23.7 Å². The van der Waals surface area contributed by atoms with E-state index >= 15 is 0 Å². The van der Waals surface area contributed by atoms with Crippen LogP contribution in [0, 0.1) is 0 Å². The zero-order chi connectivity index (χ0) is 23.9. The van der Waals surface area contributed by atoms with Crippen molar-refractivity contribution in [1.29, 1.82) is 0 Å². The molecule has 0 N–H and O–H groups in total. The van der Waals surface area contributed by atoms with Gasteiger partial charge in [-0.05, 0) is 42.5 Å². The summed E-state index contributed by atoms with van der Waals surface area (Å²) in [4.78, 5) is 27.8. The van der Waals surface area contributed by atoms with E-state index in [0.29, 0.717) is 13.0 Å². The number of nitrogens with zero attached hydrogens (tertiary/aromatic N) is 1. The molecule has 8 heteroatoms. The Balaban J connectivity index is 1.12. The van der Waals surface area contributed by atoms with Gasteiger partial charge >= 0.3 is 6.09 Å². The molecule has 35 heavy (non-hydrogen) atoms. The summed E-state index contributed by atoms with van der Waals surface area (Å²) in [5.41, 5.74) is 3.81. The summed E-state index contributed by atoms with van der Waals surface area (Å²) >= 11 is 0. The average Bonchev–Trinajstić information content (AvgIpc) is 3.44. The number of amides is 1. The molecule has 1 amide bonds. The molecule has 2 aromatic carbocycles. The lowest BCUT2D eigenvalue weighted by atomic mass is 9.77. The molecule has 1 aliphatic carbocycles. The van der Waals surface area contributed by atoms with Gasteiger partial charge in [-0.15, -0.1) is 0 Å². The Kier molecular flexibility index (Phi) is 4.52. The molecule has 0 spiro atoms. The highest BCUT2D eigenvalue weighted by Crippen LogP contribution is 2.52. The van der Waals surface area contributed by atoms with Crippen molar-refractivity contribution in [3.8, 4) is 11.1 Å².